The van der Waals surface area contributed by atoms with E-state index in [1.54, 1.807) is 19.2 Å². The first-order valence-electron chi connectivity index (χ1n) is 6.84. The minimum atomic E-state index is -0.190. The Balaban J connectivity index is 2.71. The summed E-state index contributed by atoms with van der Waals surface area (Å²) in [5.41, 5.74) is 1.42. The maximum absolute atomic E-state index is 12.0. The Kier molecular flexibility index (Phi) is 6.49. The number of aryl methyl sites for hydroxylation is 1. The van der Waals surface area contributed by atoms with Crippen LogP contribution in [0.5, 0.6) is 0 Å². The molecule has 0 fully saturated rings. The lowest BCUT2D eigenvalue weighted by Gasteiger charge is -2.09. The number of carbonyl (C=O) groups excluding carboxylic acids is 2. The average molecular weight is 278 g/mol. The molecule has 1 heterocycles. The monoisotopic (exact) mass is 278 g/mol. The zero-order chi connectivity index (χ0) is 15.0. The normalized spacial score (nSPS) is 9.95. The SMILES string of the molecule is CCNc1cc(C(=O)NCCC(=O)NC)cc(CC)n1. The molecule has 0 aliphatic carbocycles. The number of rotatable bonds is 7. The highest BCUT2D eigenvalue weighted by molar-refractivity contribution is 5.95. The van der Waals surface area contributed by atoms with Gasteiger partial charge in [0.15, 0.2) is 0 Å². The first-order chi connectivity index (χ1) is 9.60. The largest absolute Gasteiger partial charge is 0.370 e. The van der Waals surface area contributed by atoms with Crippen LogP contribution < -0.4 is 16.0 Å². The molecule has 0 unspecified atom stereocenters. The van der Waals surface area contributed by atoms with Crippen LogP contribution in [0, 0.1) is 0 Å². The second-order valence-electron chi connectivity index (χ2n) is 4.30. The summed E-state index contributed by atoms with van der Waals surface area (Å²) in [6, 6.07) is 3.49. The molecular weight excluding hydrogens is 256 g/mol. The number of nitrogens with zero attached hydrogens (tertiary/aromatic N) is 1. The lowest BCUT2D eigenvalue weighted by molar-refractivity contribution is -0.120. The van der Waals surface area contributed by atoms with Crippen molar-refractivity contribution in [3.8, 4) is 0 Å². The van der Waals surface area contributed by atoms with Crippen LogP contribution in [0.2, 0.25) is 0 Å². The second kappa shape index (κ2) is 8.14. The van der Waals surface area contributed by atoms with Crippen LogP contribution in [0.15, 0.2) is 12.1 Å². The summed E-state index contributed by atoms with van der Waals surface area (Å²) in [7, 11) is 1.57. The zero-order valence-electron chi connectivity index (χ0n) is 12.2. The van der Waals surface area contributed by atoms with E-state index in [1.165, 1.54) is 0 Å². The van der Waals surface area contributed by atoms with Crippen molar-refractivity contribution in [1.82, 2.24) is 15.6 Å². The molecule has 0 aliphatic heterocycles. The van der Waals surface area contributed by atoms with E-state index in [4.69, 9.17) is 0 Å². The molecule has 2 amide bonds. The van der Waals surface area contributed by atoms with Gasteiger partial charge in [0.05, 0.1) is 0 Å². The van der Waals surface area contributed by atoms with Gasteiger partial charge in [-0.3, -0.25) is 9.59 Å². The van der Waals surface area contributed by atoms with Crippen molar-refractivity contribution >= 4 is 17.6 Å². The number of nitrogens with one attached hydrogen (secondary N) is 3. The van der Waals surface area contributed by atoms with Crippen LogP contribution >= 0.6 is 0 Å². The van der Waals surface area contributed by atoms with Gasteiger partial charge in [0.25, 0.3) is 5.91 Å². The van der Waals surface area contributed by atoms with Gasteiger partial charge in [-0.1, -0.05) is 6.92 Å². The summed E-state index contributed by atoms with van der Waals surface area (Å²) in [6.45, 7) is 5.03. The molecule has 0 saturated carbocycles. The third-order valence-corrected chi connectivity index (χ3v) is 2.78. The standard InChI is InChI=1S/C14H22N4O2/c1-4-11-8-10(9-12(18-11)16-5-2)14(20)17-7-6-13(19)15-3/h8-9H,4-7H2,1-3H3,(H,15,19)(H,16,18)(H,17,20). The average Bonchev–Trinajstić information content (AvgIpc) is 2.46. The molecular formula is C14H22N4O2. The van der Waals surface area contributed by atoms with Gasteiger partial charge in [-0.2, -0.15) is 0 Å². The topological polar surface area (TPSA) is 83.1 Å². The van der Waals surface area contributed by atoms with Crippen molar-refractivity contribution in [2.45, 2.75) is 26.7 Å². The first kappa shape index (κ1) is 15.9. The molecule has 0 saturated heterocycles. The third kappa shape index (κ3) is 4.87. The predicted octanol–water partition coefficient (Wildman–Crippen LogP) is 0.942. The summed E-state index contributed by atoms with van der Waals surface area (Å²) in [6.07, 6.45) is 1.03. The Bertz CT molecular complexity index is 474. The molecule has 1 aromatic heterocycles. The maximum Gasteiger partial charge on any atom is 0.251 e. The summed E-state index contributed by atoms with van der Waals surface area (Å²) < 4.78 is 0. The van der Waals surface area contributed by atoms with E-state index in [0.717, 1.165) is 18.7 Å². The number of amides is 2. The lowest BCUT2D eigenvalue weighted by atomic mass is 10.1. The number of pyridine rings is 1. The van der Waals surface area contributed by atoms with Crippen molar-refractivity contribution < 1.29 is 9.59 Å². The van der Waals surface area contributed by atoms with E-state index in [9.17, 15) is 9.59 Å². The lowest BCUT2D eigenvalue weighted by Crippen LogP contribution is -2.29. The van der Waals surface area contributed by atoms with Gasteiger partial charge in [0, 0.05) is 37.8 Å². The second-order valence-corrected chi connectivity index (χ2v) is 4.30. The summed E-state index contributed by atoms with van der Waals surface area (Å²) >= 11 is 0. The summed E-state index contributed by atoms with van der Waals surface area (Å²) in [5, 5.41) is 8.35. The van der Waals surface area contributed by atoms with E-state index in [0.29, 0.717) is 17.9 Å². The fourth-order valence-corrected chi connectivity index (χ4v) is 1.69. The van der Waals surface area contributed by atoms with E-state index >= 15 is 0 Å². The number of hydrogen-bond donors (Lipinski definition) is 3. The van der Waals surface area contributed by atoms with Crippen LogP contribution in [0.1, 0.15) is 36.3 Å². The molecule has 20 heavy (non-hydrogen) atoms. The fourth-order valence-electron chi connectivity index (χ4n) is 1.69. The van der Waals surface area contributed by atoms with Gasteiger partial charge >= 0.3 is 0 Å². The predicted molar refractivity (Wildman–Crippen MR) is 78.8 cm³/mol. The van der Waals surface area contributed by atoms with Crippen LogP contribution in [-0.2, 0) is 11.2 Å². The molecule has 6 heteroatoms. The minimum absolute atomic E-state index is 0.0948. The maximum atomic E-state index is 12.0. The van der Waals surface area contributed by atoms with Gasteiger partial charge in [0.1, 0.15) is 5.82 Å². The highest BCUT2D eigenvalue weighted by atomic mass is 16.2. The van der Waals surface area contributed by atoms with E-state index < -0.39 is 0 Å². The number of aromatic nitrogens is 1. The molecule has 0 radical (unpaired) electrons. The highest BCUT2D eigenvalue weighted by Crippen LogP contribution is 2.11. The molecule has 0 bridgehead atoms. The molecule has 1 aromatic rings. The molecule has 0 aliphatic rings. The van der Waals surface area contributed by atoms with Gasteiger partial charge in [-0.05, 0) is 25.5 Å². The molecule has 6 nitrogen and oxygen atoms in total. The van der Waals surface area contributed by atoms with Crippen LogP contribution in [0.25, 0.3) is 0 Å². The Labute approximate surface area is 119 Å². The highest BCUT2D eigenvalue weighted by Gasteiger charge is 2.09. The van der Waals surface area contributed by atoms with Gasteiger partial charge in [0.2, 0.25) is 5.91 Å². The quantitative estimate of drug-likeness (QED) is 0.693. The van der Waals surface area contributed by atoms with Crippen molar-refractivity contribution in [1.29, 1.82) is 0 Å². The number of hydrogen-bond acceptors (Lipinski definition) is 4. The molecule has 0 aromatic carbocycles. The van der Waals surface area contributed by atoms with Gasteiger partial charge < -0.3 is 16.0 Å². The summed E-state index contributed by atoms with van der Waals surface area (Å²) in [5.74, 6) is 0.413. The third-order valence-electron chi connectivity index (χ3n) is 2.78. The molecule has 1 rings (SSSR count). The summed E-state index contributed by atoms with van der Waals surface area (Å²) in [4.78, 5) is 27.5. The first-order valence-corrected chi connectivity index (χ1v) is 6.84. The molecule has 0 atom stereocenters. The molecule has 0 spiro atoms. The zero-order valence-corrected chi connectivity index (χ0v) is 12.2. The van der Waals surface area contributed by atoms with Crippen LogP contribution in [0.3, 0.4) is 0 Å². The minimum Gasteiger partial charge on any atom is -0.370 e. The Morgan fingerprint density at radius 2 is 2.00 bits per heavy atom. The van der Waals surface area contributed by atoms with Crippen molar-refractivity contribution in [3.05, 3.63) is 23.4 Å². The Morgan fingerprint density at radius 3 is 2.60 bits per heavy atom. The number of carbonyl (C=O) groups is 2. The van der Waals surface area contributed by atoms with Crippen molar-refractivity contribution in [3.63, 3.8) is 0 Å². The van der Waals surface area contributed by atoms with Gasteiger partial charge in [-0.25, -0.2) is 4.98 Å². The Hall–Kier alpha value is -2.11. The van der Waals surface area contributed by atoms with E-state index in [1.807, 2.05) is 13.8 Å². The van der Waals surface area contributed by atoms with Crippen molar-refractivity contribution in [2.75, 3.05) is 25.5 Å². The van der Waals surface area contributed by atoms with E-state index in [2.05, 4.69) is 20.9 Å². The fraction of sp³-hybridized carbons (Fsp3) is 0.500. The van der Waals surface area contributed by atoms with E-state index in [-0.39, 0.29) is 18.2 Å². The molecule has 110 valence electrons. The smallest absolute Gasteiger partial charge is 0.251 e. The number of anilines is 1. The van der Waals surface area contributed by atoms with Crippen LogP contribution in [-0.4, -0.2) is 36.9 Å². The molecule has 3 N–H and O–H groups in total. The van der Waals surface area contributed by atoms with Crippen molar-refractivity contribution in [2.24, 2.45) is 0 Å². The van der Waals surface area contributed by atoms with Gasteiger partial charge in [-0.15, -0.1) is 0 Å². The Morgan fingerprint density at radius 1 is 1.25 bits per heavy atom. The van der Waals surface area contributed by atoms with Crippen LogP contribution in [0.4, 0.5) is 5.82 Å².